The van der Waals surface area contributed by atoms with Gasteiger partial charge in [0.1, 0.15) is 5.82 Å². The van der Waals surface area contributed by atoms with Gasteiger partial charge >= 0.3 is 0 Å². The van der Waals surface area contributed by atoms with Gasteiger partial charge in [-0.1, -0.05) is 18.2 Å². The van der Waals surface area contributed by atoms with Gasteiger partial charge < -0.3 is 0 Å². The van der Waals surface area contributed by atoms with E-state index in [1.165, 1.54) is 11.3 Å². The van der Waals surface area contributed by atoms with Crippen LogP contribution in [0.2, 0.25) is 0 Å². The van der Waals surface area contributed by atoms with Crippen LogP contribution in [0.25, 0.3) is 0 Å². The zero-order chi connectivity index (χ0) is 12.6. The monoisotopic (exact) mass is 396 g/mol. The lowest BCUT2D eigenvalue weighted by Crippen LogP contribution is -1.98. The van der Waals surface area contributed by atoms with Crippen LogP contribution in [0.4, 0.5) is 4.39 Å². The zero-order valence-corrected chi connectivity index (χ0v) is 13.6. The number of rotatable bonds is 2. The molecule has 0 spiro atoms. The second-order valence-corrected chi connectivity index (χ2v) is 7.81. The van der Waals surface area contributed by atoms with Crippen LogP contribution in [0, 0.1) is 12.7 Å². The third-order valence-electron chi connectivity index (χ3n) is 2.45. The van der Waals surface area contributed by atoms with E-state index in [1.807, 2.05) is 12.1 Å². The Hall–Kier alpha value is 0.1000. The van der Waals surface area contributed by atoms with E-state index in [1.54, 1.807) is 19.1 Å². The van der Waals surface area contributed by atoms with Crippen LogP contribution in [0.15, 0.2) is 31.8 Å². The van der Waals surface area contributed by atoms with Crippen molar-refractivity contribution in [2.75, 3.05) is 0 Å². The van der Waals surface area contributed by atoms with Gasteiger partial charge in [-0.25, -0.2) is 4.39 Å². The van der Waals surface area contributed by atoms with E-state index in [0.717, 1.165) is 13.1 Å². The zero-order valence-electron chi connectivity index (χ0n) is 8.81. The van der Waals surface area contributed by atoms with E-state index in [4.69, 9.17) is 11.6 Å². The molecule has 0 aliphatic carbocycles. The van der Waals surface area contributed by atoms with Gasteiger partial charge in [0.15, 0.2) is 0 Å². The summed E-state index contributed by atoms with van der Waals surface area (Å²) in [6, 6.07) is 7.19. The molecule has 1 unspecified atom stereocenters. The standard InChI is InChI=1S/C12H8Br2ClFS/c1-6-3-2-4-7(11(6)16)10(15)8-5-9(13)17-12(8)14/h2-5,10H,1H3. The molecule has 0 nitrogen and oxygen atoms in total. The van der Waals surface area contributed by atoms with Crippen LogP contribution < -0.4 is 0 Å². The van der Waals surface area contributed by atoms with E-state index in [0.29, 0.717) is 11.1 Å². The predicted molar refractivity (Wildman–Crippen MR) is 78.6 cm³/mol. The molecule has 0 saturated heterocycles. The molecule has 0 amide bonds. The number of halogens is 4. The lowest BCUT2D eigenvalue weighted by Gasteiger charge is -2.11. The molecule has 2 aromatic rings. The van der Waals surface area contributed by atoms with E-state index in [2.05, 4.69) is 31.9 Å². The first kappa shape index (κ1) is 13.5. The minimum Gasteiger partial charge on any atom is -0.206 e. The Bertz CT molecular complexity index is 553. The highest BCUT2D eigenvalue weighted by atomic mass is 79.9. The Labute approximate surface area is 125 Å². The molecule has 1 heterocycles. The summed E-state index contributed by atoms with van der Waals surface area (Å²) in [6.07, 6.45) is 0. The average molecular weight is 399 g/mol. The summed E-state index contributed by atoms with van der Waals surface area (Å²) in [4.78, 5) is 0. The van der Waals surface area contributed by atoms with Gasteiger partial charge in [-0.2, -0.15) is 0 Å². The molecule has 0 saturated carbocycles. The molecule has 5 heteroatoms. The van der Waals surface area contributed by atoms with Crippen molar-refractivity contribution in [1.29, 1.82) is 0 Å². The van der Waals surface area contributed by atoms with E-state index < -0.39 is 5.38 Å². The molecule has 2 rings (SSSR count). The van der Waals surface area contributed by atoms with E-state index in [-0.39, 0.29) is 5.82 Å². The van der Waals surface area contributed by atoms with Crippen molar-refractivity contribution >= 4 is 54.8 Å². The second-order valence-electron chi connectivity index (χ2n) is 3.62. The first-order chi connectivity index (χ1) is 8.00. The Morgan fingerprint density at radius 3 is 2.59 bits per heavy atom. The van der Waals surface area contributed by atoms with Crippen LogP contribution in [-0.4, -0.2) is 0 Å². The first-order valence-electron chi connectivity index (χ1n) is 4.84. The van der Waals surface area contributed by atoms with Gasteiger partial charge in [0, 0.05) is 11.1 Å². The number of benzene rings is 1. The van der Waals surface area contributed by atoms with Crippen molar-refractivity contribution in [3.63, 3.8) is 0 Å². The van der Waals surface area contributed by atoms with Gasteiger partial charge in [-0.15, -0.1) is 22.9 Å². The lowest BCUT2D eigenvalue weighted by molar-refractivity contribution is 0.603. The molecule has 0 radical (unpaired) electrons. The van der Waals surface area contributed by atoms with E-state index >= 15 is 0 Å². The SMILES string of the molecule is Cc1cccc(C(Cl)c2cc(Br)sc2Br)c1F. The van der Waals surface area contributed by atoms with Crippen LogP contribution in [-0.2, 0) is 0 Å². The number of hydrogen-bond donors (Lipinski definition) is 0. The first-order valence-corrected chi connectivity index (χ1v) is 7.68. The second kappa shape index (κ2) is 5.39. The molecule has 90 valence electrons. The van der Waals surface area contributed by atoms with Crippen molar-refractivity contribution in [3.8, 4) is 0 Å². The third-order valence-corrected chi connectivity index (χ3v) is 5.31. The van der Waals surface area contributed by atoms with E-state index in [9.17, 15) is 4.39 Å². The predicted octanol–water partition coefficient (Wildman–Crippen LogP) is 6.05. The smallest absolute Gasteiger partial charge is 0.131 e. The van der Waals surface area contributed by atoms with Crippen molar-refractivity contribution in [2.24, 2.45) is 0 Å². The summed E-state index contributed by atoms with van der Waals surface area (Å²) in [7, 11) is 0. The molecule has 1 atom stereocenters. The Kier molecular flexibility index (Phi) is 4.29. The maximum atomic E-state index is 14.0. The van der Waals surface area contributed by atoms with Crippen molar-refractivity contribution < 1.29 is 4.39 Å². The van der Waals surface area contributed by atoms with Crippen LogP contribution in [0.1, 0.15) is 22.1 Å². The molecular formula is C12H8Br2ClFS. The third kappa shape index (κ3) is 2.75. The minimum atomic E-state index is -0.480. The van der Waals surface area contributed by atoms with Gasteiger partial charge in [-0.3, -0.25) is 0 Å². The van der Waals surface area contributed by atoms with Crippen molar-refractivity contribution in [3.05, 3.63) is 54.3 Å². The Morgan fingerprint density at radius 2 is 2.00 bits per heavy atom. The number of aryl methyl sites for hydroxylation is 1. The van der Waals surface area contributed by atoms with Gasteiger partial charge in [0.2, 0.25) is 0 Å². The normalized spacial score (nSPS) is 12.8. The fourth-order valence-corrected chi connectivity index (χ4v) is 5.00. The summed E-state index contributed by atoms with van der Waals surface area (Å²) in [5, 5.41) is -0.480. The molecule has 0 bridgehead atoms. The number of thiophene rings is 1. The molecule has 0 aliphatic rings. The molecule has 0 N–H and O–H groups in total. The lowest BCUT2D eigenvalue weighted by atomic mass is 10.0. The number of hydrogen-bond acceptors (Lipinski definition) is 1. The molecule has 17 heavy (non-hydrogen) atoms. The Balaban J connectivity index is 2.47. The number of alkyl halides is 1. The summed E-state index contributed by atoms with van der Waals surface area (Å²) in [5.41, 5.74) is 2.00. The van der Waals surface area contributed by atoms with Crippen molar-refractivity contribution in [2.45, 2.75) is 12.3 Å². The average Bonchev–Trinajstić information content (AvgIpc) is 2.61. The fraction of sp³-hybridized carbons (Fsp3) is 0.167. The summed E-state index contributed by atoms with van der Waals surface area (Å²) >= 11 is 14.7. The van der Waals surface area contributed by atoms with Gasteiger partial charge in [0.25, 0.3) is 0 Å². The molecule has 1 aromatic heterocycles. The highest BCUT2D eigenvalue weighted by Crippen LogP contribution is 2.41. The highest BCUT2D eigenvalue weighted by Gasteiger charge is 2.20. The van der Waals surface area contributed by atoms with Crippen LogP contribution in [0.5, 0.6) is 0 Å². The summed E-state index contributed by atoms with van der Waals surface area (Å²) in [5.74, 6) is -0.235. The summed E-state index contributed by atoms with van der Waals surface area (Å²) in [6.45, 7) is 1.74. The highest BCUT2D eigenvalue weighted by molar-refractivity contribution is 9.12. The summed E-state index contributed by atoms with van der Waals surface area (Å²) < 4.78 is 15.9. The molecule has 1 aromatic carbocycles. The van der Waals surface area contributed by atoms with Crippen LogP contribution >= 0.6 is 54.8 Å². The maximum absolute atomic E-state index is 14.0. The quantitative estimate of drug-likeness (QED) is 0.540. The van der Waals surface area contributed by atoms with Crippen molar-refractivity contribution in [1.82, 2.24) is 0 Å². The fourth-order valence-electron chi connectivity index (χ4n) is 1.56. The van der Waals surface area contributed by atoms with Gasteiger partial charge in [-0.05, 0) is 50.4 Å². The topological polar surface area (TPSA) is 0 Å². The minimum absolute atomic E-state index is 0.235. The van der Waals surface area contributed by atoms with Crippen LogP contribution in [0.3, 0.4) is 0 Å². The Morgan fingerprint density at radius 1 is 1.29 bits per heavy atom. The molecule has 0 fully saturated rings. The maximum Gasteiger partial charge on any atom is 0.131 e. The van der Waals surface area contributed by atoms with Gasteiger partial charge in [0.05, 0.1) is 12.9 Å². The largest absolute Gasteiger partial charge is 0.206 e. The molecular weight excluding hydrogens is 390 g/mol. The molecule has 0 aliphatic heterocycles.